The molecule has 0 amide bonds. The molecule has 1 aliphatic rings. The molecule has 1 atom stereocenters. The Morgan fingerprint density at radius 2 is 1.89 bits per heavy atom. The number of nitrogens with one attached hydrogen (secondary N) is 1. The number of hydrazine groups is 1. The minimum Gasteiger partial charge on any atom is -0.385 e. The highest BCUT2D eigenvalue weighted by Gasteiger charge is 2.42. The minimum atomic E-state index is -4.04. The molecule has 1 saturated carbocycles. The molecule has 1 unspecified atom stereocenters. The molecule has 0 saturated heterocycles. The number of halogens is 3. The molecular weight excluding hydrogens is 245 g/mol. The van der Waals surface area contributed by atoms with Crippen molar-refractivity contribution >= 4 is 0 Å². The van der Waals surface area contributed by atoms with E-state index in [9.17, 15) is 13.2 Å². The fourth-order valence-corrected chi connectivity index (χ4v) is 2.75. The summed E-state index contributed by atoms with van der Waals surface area (Å²) < 4.78 is 42.6. The third-order valence-electron chi connectivity index (χ3n) is 3.88. The molecular formula is C12H23F3N2O. The van der Waals surface area contributed by atoms with Gasteiger partial charge in [-0.15, -0.1) is 0 Å². The third kappa shape index (κ3) is 4.74. The van der Waals surface area contributed by atoms with Crippen LogP contribution in [0, 0.1) is 11.8 Å². The fourth-order valence-electron chi connectivity index (χ4n) is 2.75. The zero-order valence-electron chi connectivity index (χ0n) is 10.8. The van der Waals surface area contributed by atoms with Crippen LogP contribution in [0.1, 0.15) is 38.5 Å². The van der Waals surface area contributed by atoms with E-state index in [1.807, 2.05) is 0 Å². The number of hydrogen-bond acceptors (Lipinski definition) is 3. The number of alkyl halides is 3. The summed E-state index contributed by atoms with van der Waals surface area (Å²) in [6, 6.07) is 0.106. The smallest absolute Gasteiger partial charge is 0.385 e. The molecule has 1 aliphatic carbocycles. The van der Waals surface area contributed by atoms with Gasteiger partial charge in [0.1, 0.15) is 0 Å². The topological polar surface area (TPSA) is 47.3 Å². The van der Waals surface area contributed by atoms with E-state index in [0.717, 1.165) is 12.8 Å². The predicted octanol–water partition coefficient (Wildman–Crippen LogP) is 2.61. The Hall–Kier alpha value is -0.330. The van der Waals surface area contributed by atoms with E-state index >= 15 is 0 Å². The molecule has 0 bridgehead atoms. The lowest BCUT2D eigenvalue weighted by molar-refractivity contribution is -0.184. The summed E-state index contributed by atoms with van der Waals surface area (Å²) in [6.07, 6.45) is -0.631. The zero-order chi connectivity index (χ0) is 13.6. The van der Waals surface area contributed by atoms with Crippen molar-refractivity contribution in [2.24, 2.45) is 17.7 Å². The van der Waals surface area contributed by atoms with E-state index in [-0.39, 0.29) is 24.8 Å². The first-order valence-corrected chi connectivity index (χ1v) is 6.50. The Labute approximate surface area is 106 Å². The first kappa shape index (κ1) is 15.7. The summed E-state index contributed by atoms with van der Waals surface area (Å²) in [6.45, 7) is 0.663. The minimum absolute atomic E-state index is 0.106. The number of methoxy groups -OCH3 is 1. The van der Waals surface area contributed by atoms with Gasteiger partial charge in [0.25, 0.3) is 0 Å². The molecule has 0 aliphatic heterocycles. The molecule has 108 valence electrons. The van der Waals surface area contributed by atoms with Crippen molar-refractivity contribution in [1.82, 2.24) is 5.43 Å². The van der Waals surface area contributed by atoms with E-state index < -0.39 is 12.1 Å². The number of nitrogens with two attached hydrogens (primary N) is 1. The molecule has 0 spiro atoms. The Balaban J connectivity index is 2.35. The lowest BCUT2D eigenvalue weighted by Gasteiger charge is -2.34. The first-order valence-electron chi connectivity index (χ1n) is 6.50. The number of hydrogen-bond donors (Lipinski definition) is 2. The largest absolute Gasteiger partial charge is 0.391 e. The SMILES string of the molecule is COCCCC(NN)C1CCC(C(F)(F)F)CC1. The second-order valence-corrected chi connectivity index (χ2v) is 5.06. The van der Waals surface area contributed by atoms with Crippen molar-refractivity contribution < 1.29 is 17.9 Å². The van der Waals surface area contributed by atoms with Crippen molar-refractivity contribution in [2.75, 3.05) is 13.7 Å². The normalized spacial score (nSPS) is 27.2. The van der Waals surface area contributed by atoms with Crippen molar-refractivity contribution in [3.8, 4) is 0 Å². The maximum atomic E-state index is 12.5. The van der Waals surface area contributed by atoms with Crippen molar-refractivity contribution in [3.63, 3.8) is 0 Å². The Bertz CT molecular complexity index is 228. The van der Waals surface area contributed by atoms with Gasteiger partial charge in [0.15, 0.2) is 0 Å². The van der Waals surface area contributed by atoms with Crippen LogP contribution >= 0.6 is 0 Å². The summed E-state index contributed by atoms with van der Waals surface area (Å²) in [5, 5.41) is 0. The molecule has 1 rings (SSSR count). The quantitative estimate of drug-likeness (QED) is 0.442. The Morgan fingerprint density at radius 1 is 1.28 bits per heavy atom. The second kappa shape index (κ2) is 7.31. The van der Waals surface area contributed by atoms with E-state index in [1.54, 1.807) is 7.11 Å². The van der Waals surface area contributed by atoms with E-state index in [0.29, 0.717) is 19.4 Å². The number of rotatable bonds is 6. The van der Waals surface area contributed by atoms with Gasteiger partial charge in [-0.25, -0.2) is 0 Å². The lowest BCUT2D eigenvalue weighted by atomic mass is 9.77. The second-order valence-electron chi connectivity index (χ2n) is 5.06. The van der Waals surface area contributed by atoms with Crippen LogP contribution in [0.5, 0.6) is 0 Å². The van der Waals surface area contributed by atoms with E-state index in [1.165, 1.54) is 0 Å². The van der Waals surface area contributed by atoms with Crippen molar-refractivity contribution in [1.29, 1.82) is 0 Å². The molecule has 0 radical (unpaired) electrons. The van der Waals surface area contributed by atoms with Crippen LogP contribution in [-0.4, -0.2) is 25.9 Å². The van der Waals surface area contributed by atoms with Crippen LogP contribution in [0.15, 0.2) is 0 Å². The lowest BCUT2D eigenvalue weighted by Crippen LogP contribution is -2.43. The van der Waals surface area contributed by atoms with Crippen molar-refractivity contribution in [2.45, 2.75) is 50.7 Å². The zero-order valence-corrected chi connectivity index (χ0v) is 10.8. The van der Waals surface area contributed by atoms with E-state index in [4.69, 9.17) is 10.6 Å². The van der Waals surface area contributed by atoms with Gasteiger partial charge in [0.05, 0.1) is 5.92 Å². The van der Waals surface area contributed by atoms with Crippen molar-refractivity contribution in [3.05, 3.63) is 0 Å². The summed E-state index contributed by atoms with van der Waals surface area (Å²) in [5.74, 6) is 4.63. The monoisotopic (exact) mass is 268 g/mol. The fraction of sp³-hybridized carbons (Fsp3) is 1.00. The van der Waals surface area contributed by atoms with Gasteiger partial charge in [-0.05, 0) is 44.4 Å². The average Bonchev–Trinajstić information content (AvgIpc) is 2.34. The summed E-state index contributed by atoms with van der Waals surface area (Å²) >= 11 is 0. The highest BCUT2D eigenvalue weighted by Crippen LogP contribution is 2.40. The summed E-state index contributed by atoms with van der Waals surface area (Å²) in [4.78, 5) is 0. The first-order chi connectivity index (χ1) is 8.49. The molecule has 1 fully saturated rings. The van der Waals surface area contributed by atoms with Gasteiger partial charge in [0, 0.05) is 19.8 Å². The molecule has 0 aromatic carbocycles. The van der Waals surface area contributed by atoms with Gasteiger partial charge in [-0.1, -0.05) is 0 Å². The van der Waals surface area contributed by atoms with Crippen LogP contribution in [0.2, 0.25) is 0 Å². The molecule has 6 heteroatoms. The molecule has 0 aromatic heterocycles. The van der Waals surface area contributed by atoms with Crippen LogP contribution in [-0.2, 0) is 4.74 Å². The van der Waals surface area contributed by atoms with Gasteiger partial charge in [0.2, 0.25) is 0 Å². The highest BCUT2D eigenvalue weighted by molar-refractivity contribution is 4.83. The maximum Gasteiger partial charge on any atom is 0.391 e. The molecule has 18 heavy (non-hydrogen) atoms. The van der Waals surface area contributed by atoms with Gasteiger partial charge < -0.3 is 4.74 Å². The highest BCUT2D eigenvalue weighted by atomic mass is 19.4. The summed E-state index contributed by atoms with van der Waals surface area (Å²) in [7, 11) is 1.64. The van der Waals surface area contributed by atoms with Gasteiger partial charge >= 0.3 is 6.18 Å². The Kier molecular flexibility index (Phi) is 6.38. The average molecular weight is 268 g/mol. The third-order valence-corrected chi connectivity index (χ3v) is 3.88. The maximum absolute atomic E-state index is 12.5. The van der Waals surface area contributed by atoms with E-state index in [2.05, 4.69) is 5.43 Å². The summed E-state index contributed by atoms with van der Waals surface area (Å²) in [5.41, 5.74) is 2.75. The molecule has 0 heterocycles. The van der Waals surface area contributed by atoms with Crippen LogP contribution in [0.3, 0.4) is 0 Å². The molecule has 3 N–H and O–H groups in total. The molecule has 3 nitrogen and oxygen atoms in total. The van der Waals surface area contributed by atoms with Crippen LogP contribution in [0.25, 0.3) is 0 Å². The van der Waals surface area contributed by atoms with Gasteiger partial charge in [-0.3, -0.25) is 11.3 Å². The van der Waals surface area contributed by atoms with Crippen LogP contribution in [0.4, 0.5) is 13.2 Å². The van der Waals surface area contributed by atoms with Gasteiger partial charge in [-0.2, -0.15) is 13.2 Å². The standard InChI is InChI=1S/C12H23F3N2O/c1-18-8-2-3-11(17-16)9-4-6-10(7-5-9)12(13,14)15/h9-11,17H,2-8,16H2,1H3. The molecule has 0 aromatic rings. The number of ether oxygens (including phenoxy) is 1. The predicted molar refractivity (Wildman–Crippen MR) is 63.7 cm³/mol. The Morgan fingerprint density at radius 3 is 2.33 bits per heavy atom. The van der Waals surface area contributed by atoms with Crippen LogP contribution < -0.4 is 11.3 Å².